The van der Waals surface area contributed by atoms with Crippen molar-refractivity contribution < 1.29 is 13.5 Å². The van der Waals surface area contributed by atoms with Crippen LogP contribution in [0.15, 0.2) is 0 Å². The number of rotatable bonds is 6. The molecule has 0 aliphatic heterocycles. The Bertz CT molecular complexity index is 225. The predicted molar refractivity (Wildman–Crippen MR) is 71.2 cm³/mol. The summed E-state index contributed by atoms with van der Waals surface area (Å²) in [6.45, 7) is 7.90. The number of ether oxygens (including phenoxy) is 1. The molecule has 0 heterocycles. The van der Waals surface area contributed by atoms with Gasteiger partial charge in [0.15, 0.2) is 6.17 Å². The normalized spacial score (nSPS) is 30.2. The fraction of sp³-hybridized carbons (Fsp3) is 1.00. The summed E-state index contributed by atoms with van der Waals surface area (Å²) >= 11 is 0. The molecule has 0 N–H and O–H groups in total. The number of hydrogen-bond acceptors (Lipinski definition) is 1. The van der Waals surface area contributed by atoms with Crippen molar-refractivity contribution in [1.82, 2.24) is 0 Å². The van der Waals surface area contributed by atoms with E-state index in [-0.39, 0.29) is 5.92 Å². The molecular formula is C15H28F2O. The largest absolute Gasteiger partial charge is 0.375 e. The van der Waals surface area contributed by atoms with E-state index in [1.54, 1.807) is 20.8 Å². The fourth-order valence-electron chi connectivity index (χ4n) is 2.50. The Hall–Kier alpha value is -0.180. The van der Waals surface area contributed by atoms with E-state index in [1.807, 2.05) is 0 Å². The summed E-state index contributed by atoms with van der Waals surface area (Å²) in [5.74, 6) is 1.05. The third-order valence-corrected chi connectivity index (χ3v) is 4.12. The van der Waals surface area contributed by atoms with Crippen LogP contribution in [-0.4, -0.2) is 25.1 Å². The van der Waals surface area contributed by atoms with Crippen LogP contribution in [0.5, 0.6) is 0 Å². The van der Waals surface area contributed by atoms with Crippen LogP contribution in [0, 0.1) is 17.8 Å². The van der Waals surface area contributed by atoms with Gasteiger partial charge in [0.25, 0.3) is 0 Å². The molecule has 0 saturated heterocycles. The molecule has 1 fully saturated rings. The smallest absolute Gasteiger partial charge is 0.157 e. The van der Waals surface area contributed by atoms with E-state index in [9.17, 15) is 8.78 Å². The second kappa shape index (κ2) is 7.42. The molecule has 1 saturated carbocycles. The molecule has 3 atom stereocenters. The van der Waals surface area contributed by atoms with Crippen LogP contribution in [0.3, 0.4) is 0 Å². The average Bonchev–Trinajstić information content (AvgIpc) is 2.35. The lowest BCUT2D eigenvalue weighted by molar-refractivity contribution is -0.0462. The zero-order valence-corrected chi connectivity index (χ0v) is 12.2. The van der Waals surface area contributed by atoms with Gasteiger partial charge in [-0.1, -0.05) is 33.6 Å². The van der Waals surface area contributed by atoms with Gasteiger partial charge in [0.05, 0.1) is 6.10 Å². The van der Waals surface area contributed by atoms with Crippen LogP contribution in [0.4, 0.5) is 8.78 Å². The highest BCUT2D eigenvalue weighted by atomic mass is 19.2. The van der Waals surface area contributed by atoms with E-state index in [0.29, 0.717) is 12.5 Å². The highest BCUT2D eigenvalue weighted by Gasteiger charge is 2.30. The minimum atomic E-state index is -1.51. The second-order valence-corrected chi connectivity index (χ2v) is 6.30. The van der Waals surface area contributed by atoms with Gasteiger partial charge in [0.2, 0.25) is 0 Å². The summed E-state index contributed by atoms with van der Waals surface area (Å²) < 4.78 is 32.8. The van der Waals surface area contributed by atoms with Crippen LogP contribution in [0.25, 0.3) is 0 Å². The van der Waals surface area contributed by atoms with Crippen molar-refractivity contribution in [2.24, 2.45) is 17.8 Å². The first kappa shape index (κ1) is 15.9. The summed E-state index contributed by atoms with van der Waals surface area (Å²) in [4.78, 5) is 0. The van der Waals surface area contributed by atoms with Gasteiger partial charge in [-0.05, 0) is 37.5 Å². The zero-order valence-electron chi connectivity index (χ0n) is 12.2. The SMILES string of the molecule is CC1CCC(COC(C)C(F)C(F)C(C)C)CC1. The number of halogens is 2. The van der Waals surface area contributed by atoms with Crippen molar-refractivity contribution in [1.29, 1.82) is 0 Å². The molecule has 3 unspecified atom stereocenters. The molecule has 0 bridgehead atoms. The monoisotopic (exact) mass is 262 g/mol. The molecule has 1 nitrogen and oxygen atoms in total. The molecule has 1 aliphatic carbocycles. The van der Waals surface area contributed by atoms with E-state index in [4.69, 9.17) is 4.74 Å². The number of alkyl halides is 2. The second-order valence-electron chi connectivity index (χ2n) is 6.30. The Labute approximate surface area is 110 Å². The van der Waals surface area contributed by atoms with E-state index < -0.39 is 18.4 Å². The minimum absolute atomic E-state index is 0.290. The molecule has 1 aliphatic rings. The summed E-state index contributed by atoms with van der Waals surface area (Å²) in [5, 5.41) is 0. The third-order valence-electron chi connectivity index (χ3n) is 4.12. The molecule has 3 heteroatoms. The van der Waals surface area contributed by atoms with Gasteiger partial charge in [0, 0.05) is 6.61 Å². The van der Waals surface area contributed by atoms with E-state index in [1.165, 1.54) is 12.8 Å². The van der Waals surface area contributed by atoms with Crippen molar-refractivity contribution in [2.75, 3.05) is 6.61 Å². The maximum absolute atomic E-state index is 13.8. The highest BCUT2D eigenvalue weighted by Crippen LogP contribution is 2.29. The maximum atomic E-state index is 13.8. The standard InChI is InChI=1S/C15H28F2O/c1-10(2)14(16)15(17)12(4)18-9-13-7-5-11(3)6-8-13/h10-15H,5-9H2,1-4H3. The maximum Gasteiger partial charge on any atom is 0.157 e. The van der Waals surface area contributed by atoms with Crippen molar-refractivity contribution in [3.8, 4) is 0 Å². The molecular weight excluding hydrogens is 234 g/mol. The predicted octanol–water partition coefficient (Wildman–Crippen LogP) is 4.55. The lowest BCUT2D eigenvalue weighted by Gasteiger charge is -2.28. The molecule has 0 spiro atoms. The molecule has 1 rings (SSSR count). The Kier molecular flexibility index (Phi) is 6.54. The van der Waals surface area contributed by atoms with Crippen molar-refractivity contribution in [2.45, 2.75) is 71.8 Å². The Morgan fingerprint density at radius 1 is 1.00 bits per heavy atom. The topological polar surface area (TPSA) is 9.23 Å². The first-order chi connectivity index (χ1) is 8.41. The van der Waals surface area contributed by atoms with Crippen LogP contribution in [-0.2, 0) is 4.74 Å². The third kappa shape index (κ3) is 4.83. The fourth-order valence-corrected chi connectivity index (χ4v) is 2.50. The van der Waals surface area contributed by atoms with Crippen LogP contribution < -0.4 is 0 Å². The Balaban J connectivity index is 2.25. The molecule has 108 valence electrons. The van der Waals surface area contributed by atoms with E-state index in [2.05, 4.69) is 6.92 Å². The number of hydrogen-bond donors (Lipinski definition) is 0. The summed E-state index contributed by atoms with van der Waals surface area (Å²) in [5.41, 5.74) is 0. The van der Waals surface area contributed by atoms with Crippen molar-refractivity contribution >= 4 is 0 Å². The van der Waals surface area contributed by atoms with Gasteiger partial charge in [0.1, 0.15) is 6.17 Å². The summed E-state index contributed by atoms with van der Waals surface area (Å²) in [6.07, 6.45) is 1.22. The van der Waals surface area contributed by atoms with Gasteiger partial charge in [-0.3, -0.25) is 0 Å². The quantitative estimate of drug-likeness (QED) is 0.682. The van der Waals surface area contributed by atoms with E-state index in [0.717, 1.165) is 18.8 Å². The lowest BCUT2D eigenvalue weighted by atomic mass is 9.83. The zero-order chi connectivity index (χ0) is 13.7. The summed E-state index contributed by atoms with van der Waals surface area (Å²) in [6, 6.07) is 0. The van der Waals surface area contributed by atoms with E-state index >= 15 is 0 Å². The van der Waals surface area contributed by atoms with Crippen LogP contribution in [0.1, 0.15) is 53.4 Å². The molecule has 18 heavy (non-hydrogen) atoms. The van der Waals surface area contributed by atoms with Gasteiger partial charge in [-0.25, -0.2) is 8.78 Å². The molecule has 0 amide bonds. The lowest BCUT2D eigenvalue weighted by Crippen LogP contribution is -2.35. The minimum Gasteiger partial charge on any atom is -0.375 e. The summed E-state index contributed by atoms with van der Waals surface area (Å²) in [7, 11) is 0. The van der Waals surface area contributed by atoms with Crippen molar-refractivity contribution in [3.05, 3.63) is 0 Å². The Morgan fingerprint density at radius 3 is 2.06 bits per heavy atom. The van der Waals surface area contributed by atoms with Gasteiger partial charge in [-0.15, -0.1) is 0 Å². The van der Waals surface area contributed by atoms with Crippen LogP contribution >= 0.6 is 0 Å². The van der Waals surface area contributed by atoms with Crippen LogP contribution in [0.2, 0.25) is 0 Å². The Morgan fingerprint density at radius 2 is 1.56 bits per heavy atom. The van der Waals surface area contributed by atoms with Gasteiger partial charge >= 0.3 is 0 Å². The molecule has 0 aromatic heterocycles. The first-order valence-corrected chi connectivity index (χ1v) is 7.31. The first-order valence-electron chi connectivity index (χ1n) is 7.31. The highest BCUT2D eigenvalue weighted by molar-refractivity contribution is 4.77. The average molecular weight is 262 g/mol. The van der Waals surface area contributed by atoms with Crippen molar-refractivity contribution in [3.63, 3.8) is 0 Å². The van der Waals surface area contributed by atoms with Gasteiger partial charge in [-0.2, -0.15) is 0 Å². The molecule has 0 aromatic rings. The van der Waals surface area contributed by atoms with Gasteiger partial charge < -0.3 is 4.74 Å². The molecule has 0 radical (unpaired) electrons. The molecule has 0 aromatic carbocycles.